The van der Waals surface area contributed by atoms with Crippen LogP contribution in [0.2, 0.25) is 0 Å². The van der Waals surface area contributed by atoms with Gasteiger partial charge in [0.1, 0.15) is 5.75 Å². The molecule has 1 saturated carbocycles. The largest absolute Gasteiger partial charge is 0.497 e. The molecule has 29 heavy (non-hydrogen) atoms. The van der Waals surface area contributed by atoms with E-state index in [9.17, 15) is 4.79 Å². The van der Waals surface area contributed by atoms with Crippen molar-refractivity contribution in [1.29, 1.82) is 0 Å². The van der Waals surface area contributed by atoms with Gasteiger partial charge in [0.25, 0.3) is 0 Å². The van der Waals surface area contributed by atoms with Gasteiger partial charge in [-0.1, -0.05) is 69.5 Å². The van der Waals surface area contributed by atoms with Crippen LogP contribution in [0.5, 0.6) is 5.75 Å². The molecular formula is C27H36O2. The van der Waals surface area contributed by atoms with E-state index in [4.69, 9.17) is 4.74 Å². The molecule has 3 rings (SSSR count). The third-order valence-electron chi connectivity index (χ3n) is 6.67. The van der Waals surface area contributed by atoms with Crippen molar-refractivity contribution in [2.45, 2.75) is 77.0 Å². The molecule has 2 aromatic rings. The summed E-state index contributed by atoms with van der Waals surface area (Å²) >= 11 is 0. The van der Waals surface area contributed by atoms with E-state index in [0.29, 0.717) is 12.3 Å². The van der Waals surface area contributed by atoms with E-state index < -0.39 is 0 Å². The number of methoxy groups -OCH3 is 1. The number of Topliss-reactive ketones (excluding diaryl/α,β-unsaturated/α-hetero) is 1. The molecule has 1 atom stereocenters. The molecule has 0 saturated heterocycles. The molecule has 0 aliphatic heterocycles. The highest BCUT2D eigenvalue weighted by atomic mass is 16.5. The van der Waals surface area contributed by atoms with E-state index in [0.717, 1.165) is 22.8 Å². The number of benzene rings is 2. The van der Waals surface area contributed by atoms with Gasteiger partial charge in [-0.05, 0) is 66.7 Å². The van der Waals surface area contributed by atoms with Crippen molar-refractivity contribution in [3.63, 3.8) is 0 Å². The van der Waals surface area contributed by atoms with E-state index >= 15 is 0 Å². The molecule has 1 aliphatic rings. The van der Waals surface area contributed by atoms with Gasteiger partial charge in [-0.2, -0.15) is 0 Å². The monoisotopic (exact) mass is 392 g/mol. The molecule has 0 heterocycles. The van der Waals surface area contributed by atoms with Gasteiger partial charge in [-0.15, -0.1) is 0 Å². The Morgan fingerprint density at radius 3 is 2.45 bits per heavy atom. The molecule has 0 bridgehead atoms. The molecule has 2 nitrogen and oxygen atoms in total. The summed E-state index contributed by atoms with van der Waals surface area (Å²) in [5, 5.41) is 0. The molecule has 1 unspecified atom stereocenters. The van der Waals surface area contributed by atoms with E-state index in [-0.39, 0.29) is 11.7 Å². The molecule has 0 aromatic heterocycles. The van der Waals surface area contributed by atoms with Gasteiger partial charge in [-0.3, -0.25) is 4.79 Å². The first-order chi connectivity index (χ1) is 14.1. The Bertz CT molecular complexity index is 769. The molecule has 0 radical (unpaired) electrons. The maximum Gasteiger partial charge on any atom is 0.163 e. The van der Waals surface area contributed by atoms with Crippen LogP contribution in [0.4, 0.5) is 0 Å². The third kappa shape index (κ3) is 5.95. The fourth-order valence-electron chi connectivity index (χ4n) is 4.68. The first kappa shape index (κ1) is 21.6. The zero-order valence-electron chi connectivity index (χ0n) is 18.3. The molecule has 0 amide bonds. The molecule has 1 fully saturated rings. The van der Waals surface area contributed by atoms with Crippen LogP contribution in [0, 0.1) is 5.92 Å². The predicted molar refractivity (Wildman–Crippen MR) is 121 cm³/mol. The highest BCUT2D eigenvalue weighted by molar-refractivity contribution is 5.96. The second-order valence-corrected chi connectivity index (χ2v) is 8.79. The summed E-state index contributed by atoms with van der Waals surface area (Å²) < 4.78 is 5.31. The van der Waals surface area contributed by atoms with Crippen molar-refractivity contribution >= 4 is 5.78 Å². The molecule has 1 aliphatic carbocycles. The number of hydrogen-bond acceptors (Lipinski definition) is 2. The minimum absolute atomic E-state index is 0.177. The lowest BCUT2D eigenvalue weighted by Gasteiger charge is -2.29. The maximum absolute atomic E-state index is 12.8. The highest BCUT2D eigenvalue weighted by Crippen LogP contribution is 2.37. The zero-order valence-corrected chi connectivity index (χ0v) is 18.3. The Morgan fingerprint density at radius 1 is 1.07 bits per heavy atom. The number of carbonyl (C=O) groups excluding carboxylic acids is 1. The van der Waals surface area contributed by atoms with Crippen molar-refractivity contribution in [2.24, 2.45) is 5.92 Å². The van der Waals surface area contributed by atoms with Crippen molar-refractivity contribution in [2.75, 3.05) is 7.11 Å². The van der Waals surface area contributed by atoms with Gasteiger partial charge in [0.15, 0.2) is 5.78 Å². The summed E-state index contributed by atoms with van der Waals surface area (Å²) in [6.45, 7) is 4.39. The lowest BCUT2D eigenvalue weighted by molar-refractivity contribution is 0.0975. The molecule has 156 valence electrons. The van der Waals surface area contributed by atoms with E-state index in [2.05, 4.69) is 32.0 Å². The lowest BCUT2D eigenvalue weighted by Crippen LogP contribution is -2.13. The zero-order chi connectivity index (χ0) is 20.6. The number of carbonyl (C=O) groups is 1. The third-order valence-corrected chi connectivity index (χ3v) is 6.67. The van der Waals surface area contributed by atoms with Crippen LogP contribution in [0.25, 0.3) is 0 Å². The normalized spacial score (nSPS) is 20.2. The van der Waals surface area contributed by atoms with E-state index in [1.807, 2.05) is 30.3 Å². The van der Waals surface area contributed by atoms with Crippen LogP contribution >= 0.6 is 0 Å². The average Bonchev–Trinajstić information content (AvgIpc) is 2.78. The van der Waals surface area contributed by atoms with Gasteiger partial charge in [-0.25, -0.2) is 0 Å². The van der Waals surface area contributed by atoms with Crippen molar-refractivity contribution in [3.05, 3.63) is 65.2 Å². The first-order valence-electron chi connectivity index (χ1n) is 11.4. The Hall–Kier alpha value is -2.09. The average molecular weight is 393 g/mol. The minimum atomic E-state index is 0.177. The molecule has 0 N–H and O–H groups in total. The minimum Gasteiger partial charge on any atom is -0.497 e. The predicted octanol–water partition coefficient (Wildman–Crippen LogP) is 7.54. The number of rotatable bonds is 9. The first-order valence-corrected chi connectivity index (χ1v) is 11.4. The van der Waals surface area contributed by atoms with Gasteiger partial charge in [0, 0.05) is 12.0 Å². The second-order valence-electron chi connectivity index (χ2n) is 8.79. The molecule has 2 aromatic carbocycles. The van der Waals surface area contributed by atoms with Crippen LogP contribution < -0.4 is 4.74 Å². The number of ketones is 1. The summed E-state index contributed by atoms with van der Waals surface area (Å²) in [7, 11) is 1.67. The van der Waals surface area contributed by atoms with Gasteiger partial charge >= 0.3 is 0 Å². The Morgan fingerprint density at radius 2 is 1.79 bits per heavy atom. The molecule has 2 heteroatoms. The van der Waals surface area contributed by atoms with E-state index in [1.165, 1.54) is 50.5 Å². The van der Waals surface area contributed by atoms with Crippen LogP contribution in [0.3, 0.4) is 0 Å². The number of hydrogen-bond donors (Lipinski definition) is 0. The van der Waals surface area contributed by atoms with Crippen LogP contribution in [0.1, 0.15) is 98.5 Å². The fourth-order valence-corrected chi connectivity index (χ4v) is 4.68. The van der Waals surface area contributed by atoms with Crippen molar-refractivity contribution < 1.29 is 9.53 Å². The second kappa shape index (κ2) is 10.6. The Kier molecular flexibility index (Phi) is 7.91. The summed E-state index contributed by atoms with van der Waals surface area (Å²) in [5.74, 6) is 2.85. The Balaban J connectivity index is 1.55. The standard InChI is InChI=1S/C27H36O2/c1-4-5-7-21-10-12-22(13-11-21)23-14-16-24(17-15-23)27(28)18-20(2)25-8-6-9-26(19-25)29-3/h6,8-9,14-17,19-22H,4-5,7,10-13,18H2,1-3H3. The van der Waals surface area contributed by atoms with Crippen LogP contribution in [-0.4, -0.2) is 12.9 Å². The van der Waals surface area contributed by atoms with E-state index in [1.54, 1.807) is 7.11 Å². The fraction of sp³-hybridized carbons (Fsp3) is 0.519. The Labute approximate surface area is 176 Å². The van der Waals surface area contributed by atoms with Gasteiger partial charge in [0.2, 0.25) is 0 Å². The van der Waals surface area contributed by atoms with Gasteiger partial charge < -0.3 is 4.74 Å². The summed E-state index contributed by atoms with van der Waals surface area (Å²) in [6.07, 6.45) is 9.94. The van der Waals surface area contributed by atoms with Crippen LogP contribution in [-0.2, 0) is 0 Å². The summed E-state index contributed by atoms with van der Waals surface area (Å²) in [5.41, 5.74) is 3.39. The molecule has 0 spiro atoms. The number of ether oxygens (including phenoxy) is 1. The highest BCUT2D eigenvalue weighted by Gasteiger charge is 2.22. The maximum atomic E-state index is 12.8. The van der Waals surface area contributed by atoms with Crippen LogP contribution in [0.15, 0.2) is 48.5 Å². The summed E-state index contributed by atoms with van der Waals surface area (Å²) in [4.78, 5) is 12.8. The van der Waals surface area contributed by atoms with Crippen molar-refractivity contribution in [3.8, 4) is 5.75 Å². The quantitative estimate of drug-likeness (QED) is 0.412. The SMILES string of the molecule is CCCCC1CCC(c2ccc(C(=O)CC(C)c3cccc(OC)c3)cc2)CC1. The summed E-state index contributed by atoms with van der Waals surface area (Å²) in [6, 6.07) is 16.5. The van der Waals surface area contributed by atoms with Gasteiger partial charge in [0.05, 0.1) is 7.11 Å². The number of unbranched alkanes of at least 4 members (excludes halogenated alkanes) is 1. The topological polar surface area (TPSA) is 26.3 Å². The lowest BCUT2D eigenvalue weighted by atomic mass is 9.77. The smallest absolute Gasteiger partial charge is 0.163 e. The van der Waals surface area contributed by atoms with Crippen molar-refractivity contribution in [1.82, 2.24) is 0 Å². The molecular weight excluding hydrogens is 356 g/mol.